The standard InChI is InChI=1S/C14H17N3O/c15-11-4-5-12-13(6-11)18-14(16-12)17-7-9-2-1-3-10(9)8-17/h4-6,9-10H,1-3,7-8,15H2. The van der Waals surface area contributed by atoms with Crippen LogP contribution in [0.15, 0.2) is 22.6 Å². The Morgan fingerprint density at radius 3 is 2.78 bits per heavy atom. The molecule has 1 saturated carbocycles. The summed E-state index contributed by atoms with van der Waals surface area (Å²) in [5.41, 5.74) is 8.18. The second kappa shape index (κ2) is 3.64. The molecular weight excluding hydrogens is 226 g/mol. The molecule has 0 radical (unpaired) electrons. The third-order valence-electron chi connectivity index (χ3n) is 4.40. The topological polar surface area (TPSA) is 55.3 Å². The predicted octanol–water partition coefficient (Wildman–Crippen LogP) is 2.65. The molecule has 0 amide bonds. The van der Waals surface area contributed by atoms with Gasteiger partial charge in [0.2, 0.25) is 0 Å². The van der Waals surface area contributed by atoms with Gasteiger partial charge >= 0.3 is 0 Å². The summed E-state index contributed by atoms with van der Waals surface area (Å²) < 4.78 is 5.83. The number of oxazole rings is 1. The van der Waals surface area contributed by atoms with E-state index in [1.807, 2.05) is 18.2 Å². The van der Waals surface area contributed by atoms with Crippen LogP contribution in [-0.4, -0.2) is 18.1 Å². The minimum Gasteiger partial charge on any atom is -0.423 e. The Labute approximate surface area is 106 Å². The summed E-state index contributed by atoms with van der Waals surface area (Å²) in [6.45, 7) is 2.21. The molecule has 4 rings (SSSR count). The number of anilines is 2. The molecule has 2 atom stereocenters. The van der Waals surface area contributed by atoms with E-state index in [0.717, 1.165) is 47.7 Å². The quantitative estimate of drug-likeness (QED) is 0.782. The van der Waals surface area contributed by atoms with Crippen LogP contribution in [0.1, 0.15) is 19.3 Å². The fraction of sp³-hybridized carbons (Fsp3) is 0.500. The van der Waals surface area contributed by atoms with Crippen LogP contribution in [0, 0.1) is 11.8 Å². The van der Waals surface area contributed by atoms with Crippen molar-refractivity contribution in [2.45, 2.75) is 19.3 Å². The van der Waals surface area contributed by atoms with Crippen molar-refractivity contribution in [3.8, 4) is 0 Å². The second-order valence-corrected chi connectivity index (χ2v) is 5.58. The van der Waals surface area contributed by atoms with Gasteiger partial charge in [-0.1, -0.05) is 6.42 Å². The smallest absolute Gasteiger partial charge is 0.298 e. The van der Waals surface area contributed by atoms with E-state index in [0.29, 0.717) is 0 Å². The van der Waals surface area contributed by atoms with Crippen LogP contribution in [0.4, 0.5) is 11.7 Å². The summed E-state index contributed by atoms with van der Waals surface area (Å²) in [7, 11) is 0. The zero-order valence-electron chi connectivity index (χ0n) is 10.3. The molecule has 0 bridgehead atoms. The van der Waals surface area contributed by atoms with Crippen molar-refractivity contribution < 1.29 is 4.42 Å². The lowest BCUT2D eigenvalue weighted by Crippen LogP contribution is -2.20. The molecule has 2 fully saturated rings. The molecule has 94 valence electrons. The van der Waals surface area contributed by atoms with Crippen molar-refractivity contribution in [1.29, 1.82) is 0 Å². The molecule has 2 unspecified atom stereocenters. The van der Waals surface area contributed by atoms with Gasteiger partial charge in [0.25, 0.3) is 6.01 Å². The van der Waals surface area contributed by atoms with E-state index >= 15 is 0 Å². The van der Waals surface area contributed by atoms with Crippen LogP contribution < -0.4 is 10.6 Å². The number of nitrogens with two attached hydrogens (primary N) is 1. The molecule has 18 heavy (non-hydrogen) atoms. The first-order valence-corrected chi connectivity index (χ1v) is 6.70. The first-order chi connectivity index (χ1) is 8.79. The van der Waals surface area contributed by atoms with Gasteiger partial charge in [0, 0.05) is 24.8 Å². The molecule has 1 aromatic heterocycles. The highest BCUT2D eigenvalue weighted by Crippen LogP contribution is 2.39. The number of rotatable bonds is 1. The van der Waals surface area contributed by atoms with Crippen molar-refractivity contribution in [3.63, 3.8) is 0 Å². The predicted molar refractivity (Wildman–Crippen MR) is 71.5 cm³/mol. The van der Waals surface area contributed by atoms with Crippen molar-refractivity contribution in [3.05, 3.63) is 18.2 Å². The van der Waals surface area contributed by atoms with E-state index < -0.39 is 0 Å². The Balaban J connectivity index is 1.67. The number of nitrogens with zero attached hydrogens (tertiary/aromatic N) is 2. The molecule has 1 aliphatic heterocycles. The second-order valence-electron chi connectivity index (χ2n) is 5.58. The molecule has 2 aromatic rings. The van der Waals surface area contributed by atoms with Crippen molar-refractivity contribution in [2.75, 3.05) is 23.7 Å². The van der Waals surface area contributed by atoms with Gasteiger partial charge in [-0.15, -0.1) is 0 Å². The van der Waals surface area contributed by atoms with E-state index in [1.165, 1.54) is 19.3 Å². The molecular formula is C14H17N3O. The minimum atomic E-state index is 0.725. The van der Waals surface area contributed by atoms with Crippen LogP contribution >= 0.6 is 0 Å². The van der Waals surface area contributed by atoms with E-state index in [4.69, 9.17) is 10.2 Å². The van der Waals surface area contributed by atoms with Gasteiger partial charge in [-0.3, -0.25) is 0 Å². The van der Waals surface area contributed by atoms with Crippen LogP contribution in [-0.2, 0) is 0 Å². The van der Waals surface area contributed by atoms with E-state index in [2.05, 4.69) is 9.88 Å². The molecule has 4 nitrogen and oxygen atoms in total. The first kappa shape index (κ1) is 10.2. The fourth-order valence-electron chi connectivity index (χ4n) is 3.46. The number of nitrogen functional groups attached to an aromatic ring is 1. The Morgan fingerprint density at radius 1 is 1.22 bits per heavy atom. The maximum absolute atomic E-state index is 5.83. The molecule has 1 aromatic carbocycles. The highest BCUT2D eigenvalue weighted by Gasteiger charge is 2.37. The Morgan fingerprint density at radius 2 is 2.00 bits per heavy atom. The number of benzene rings is 1. The lowest BCUT2D eigenvalue weighted by Gasteiger charge is -2.13. The summed E-state index contributed by atoms with van der Waals surface area (Å²) in [5, 5.41) is 0. The van der Waals surface area contributed by atoms with Gasteiger partial charge in [0.05, 0.1) is 0 Å². The van der Waals surface area contributed by atoms with Gasteiger partial charge < -0.3 is 15.1 Å². The van der Waals surface area contributed by atoms with Gasteiger partial charge in [0.1, 0.15) is 5.52 Å². The summed E-state index contributed by atoms with van der Waals surface area (Å²) in [6, 6.07) is 6.41. The number of hydrogen-bond acceptors (Lipinski definition) is 4. The van der Waals surface area contributed by atoms with E-state index in [-0.39, 0.29) is 0 Å². The average molecular weight is 243 g/mol. The van der Waals surface area contributed by atoms with Crippen LogP contribution in [0.2, 0.25) is 0 Å². The molecule has 0 spiro atoms. The van der Waals surface area contributed by atoms with E-state index in [1.54, 1.807) is 0 Å². The average Bonchev–Trinajstić information content (AvgIpc) is 2.99. The third-order valence-corrected chi connectivity index (χ3v) is 4.40. The highest BCUT2D eigenvalue weighted by molar-refractivity contribution is 5.78. The number of hydrogen-bond donors (Lipinski definition) is 1. The molecule has 2 aliphatic rings. The number of fused-ring (bicyclic) bond motifs is 2. The van der Waals surface area contributed by atoms with Crippen molar-refractivity contribution in [2.24, 2.45) is 11.8 Å². The normalized spacial score (nSPS) is 27.0. The minimum absolute atomic E-state index is 0.725. The number of aromatic nitrogens is 1. The lowest BCUT2D eigenvalue weighted by atomic mass is 10.0. The monoisotopic (exact) mass is 243 g/mol. The molecule has 1 aliphatic carbocycles. The molecule has 2 N–H and O–H groups in total. The first-order valence-electron chi connectivity index (χ1n) is 6.70. The van der Waals surface area contributed by atoms with Crippen LogP contribution in [0.3, 0.4) is 0 Å². The largest absolute Gasteiger partial charge is 0.423 e. The summed E-state index contributed by atoms with van der Waals surface area (Å²) >= 11 is 0. The van der Waals surface area contributed by atoms with Crippen LogP contribution in [0.25, 0.3) is 11.1 Å². The van der Waals surface area contributed by atoms with Gasteiger partial charge in [-0.05, 0) is 36.8 Å². The maximum atomic E-state index is 5.83. The lowest BCUT2D eigenvalue weighted by molar-refractivity contribution is 0.494. The van der Waals surface area contributed by atoms with Crippen molar-refractivity contribution in [1.82, 2.24) is 4.98 Å². The molecule has 4 heteroatoms. The molecule has 2 heterocycles. The summed E-state index contributed by atoms with van der Waals surface area (Å²) in [6.07, 6.45) is 4.13. The Kier molecular flexibility index (Phi) is 2.07. The SMILES string of the molecule is Nc1ccc2nc(N3CC4CCCC4C3)oc2c1. The van der Waals surface area contributed by atoms with Crippen LogP contribution in [0.5, 0.6) is 0 Å². The van der Waals surface area contributed by atoms with Gasteiger partial charge in [0.15, 0.2) is 5.58 Å². The highest BCUT2D eigenvalue weighted by atomic mass is 16.4. The fourth-order valence-corrected chi connectivity index (χ4v) is 3.46. The Hall–Kier alpha value is -1.71. The van der Waals surface area contributed by atoms with Crippen molar-refractivity contribution >= 4 is 22.8 Å². The van der Waals surface area contributed by atoms with Gasteiger partial charge in [-0.25, -0.2) is 0 Å². The van der Waals surface area contributed by atoms with E-state index in [9.17, 15) is 0 Å². The molecule has 1 saturated heterocycles. The third kappa shape index (κ3) is 1.48. The zero-order valence-corrected chi connectivity index (χ0v) is 10.3. The maximum Gasteiger partial charge on any atom is 0.298 e. The van der Waals surface area contributed by atoms with Gasteiger partial charge in [-0.2, -0.15) is 4.98 Å². The Bertz CT molecular complexity index is 580. The zero-order chi connectivity index (χ0) is 12.1. The summed E-state index contributed by atoms with van der Waals surface area (Å²) in [4.78, 5) is 6.86. The summed E-state index contributed by atoms with van der Waals surface area (Å²) in [5.74, 6) is 1.70.